The molecule has 1 aliphatic rings. The highest BCUT2D eigenvalue weighted by atomic mass is 14.9. The lowest BCUT2D eigenvalue weighted by Crippen LogP contribution is -2.19. The van der Waals surface area contributed by atoms with Crippen LogP contribution in [0.1, 0.15) is 42.6 Å². The second-order valence-electron chi connectivity index (χ2n) is 5.61. The van der Waals surface area contributed by atoms with Crippen molar-refractivity contribution >= 4 is 0 Å². The van der Waals surface area contributed by atoms with Crippen LogP contribution in [0.4, 0.5) is 0 Å². The minimum atomic E-state index is 0.531. The Morgan fingerprint density at radius 2 is 2.15 bits per heavy atom. The van der Waals surface area contributed by atoms with Crippen molar-refractivity contribution in [3.63, 3.8) is 0 Å². The summed E-state index contributed by atoms with van der Waals surface area (Å²) in [4.78, 5) is 4.43. The van der Waals surface area contributed by atoms with E-state index in [-0.39, 0.29) is 0 Å². The summed E-state index contributed by atoms with van der Waals surface area (Å²) in [5, 5.41) is 3.66. The number of pyridine rings is 1. The Balaban J connectivity index is 1.95. The van der Waals surface area contributed by atoms with Crippen LogP contribution in [0.3, 0.4) is 0 Å². The topological polar surface area (TPSA) is 24.9 Å². The van der Waals surface area contributed by atoms with Gasteiger partial charge in [-0.3, -0.25) is 4.98 Å². The monoisotopic (exact) mass is 266 g/mol. The molecule has 0 spiro atoms. The Labute approximate surface area is 121 Å². The van der Waals surface area contributed by atoms with Gasteiger partial charge in [-0.2, -0.15) is 0 Å². The zero-order valence-corrected chi connectivity index (χ0v) is 12.3. The summed E-state index contributed by atoms with van der Waals surface area (Å²) < 4.78 is 0. The van der Waals surface area contributed by atoms with Gasteiger partial charge in [-0.1, -0.05) is 31.2 Å². The van der Waals surface area contributed by atoms with Crippen molar-refractivity contribution < 1.29 is 0 Å². The van der Waals surface area contributed by atoms with E-state index in [1.807, 2.05) is 13.1 Å². The molecule has 104 valence electrons. The van der Waals surface area contributed by atoms with Crippen LogP contribution in [-0.2, 0) is 6.42 Å². The van der Waals surface area contributed by atoms with Crippen LogP contribution in [0.25, 0.3) is 11.1 Å². The highest BCUT2D eigenvalue weighted by molar-refractivity contribution is 5.69. The molecule has 3 rings (SSSR count). The molecule has 0 radical (unpaired) electrons. The Morgan fingerprint density at radius 1 is 1.25 bits per heavy atom. The molecule has 20 heavy (non-hydrogen) atoms. The smallest absolute Gasteiger partial charge is 0.0373 e. The lowest BCUT2D eigenvalue weighted by molar-refractivity contribution is 0.529. The average Bonchev–Trinajstić information content (AvgIpc) is 2.89. The quantitative estimate of drug-likeness (QED) is 0.903. The van der Waals surface area contributed by atoms with E-state index in [0.717, 1.165) is 12.2 Å². The highest BCUT2D eigenvalue weighted by Gasteiger charge is 2.24. The molecule has 0 amide bonds. The first-order valence-corrected chi connectivity index (χ1v) is 7.57. The van der Waals surface area contributed by atoms with Crippen LogP contribution in [-0.4, -0.2) is 11.5 Å². The molecule has 1 aromatic carbocycles. The zero-order valence-electron chi connectivity index (χ0n) is 12.3. The molecule has 1 aromatic heterocycles. The second kappa shape index (κ2) is 5.76. The van der Waals surface area contributed by atoms with Crippen molar-refractivity contribution in [1.82, 2.24) is 10.3 Å². The van der Waals surface area contributed by atoms with Gasteiger partial charge in [0.05, 0.1) is 0 Å². The number of fused-ring (bicyclic) bond motifs is 1. The third-order valence-corrected chi connectivity index (χ3v) is 4.13. The lowest BCUT2D eigenvalue weighted by atomic mass is 9.97. The highest BCUT2D eigenvalue weighted by Crippen LogP contribution is 2.37. The fraction of sp³-hybridized carbons (Fsp3) is 0.389. The zero-order chi connectivity index (χ0) is 13.9. The SMILES string of the molecule is CCCNC1CCc2c(-c3ccc(C)nc3)cccc21. The van der Waals surface area contributed by atoms with E-state index in [1.165, 1.54) is 41.5 Å². The van der Waals surface area contributed by atoms with Crippen LogP contribution in [0.5, 0.6) is 0 Å². The van der Waals surface area contributed by atoms with E-state index >= 15 is 0 Å². The van der Waals surface area contributed by atoms with Gasteiger partial charge in [0.15, 0.2) is 0 Å². The van der Waals surface area contributed by atoms with Gasteiger partial charge >= 0.3 is 0 Å². The summed E-state index contributed by atoms with van der Waals surface area (Å²) in [5.74, 6) is 0. The molecule has 0 bridgehead atoms. The van der Waals surface area contributed by atoms with Gasteiger partial charge in [-0.15, -0.1) is 0 Å². The molecule has 0 fully saturated rings. The summed E-state index contributed by atoms with van der Waals surface area (Å²) >= 11 is 0. The van der Waals surface area contributed by atoms with E-state index in [0.29, 0.717) is 6.04 Å². The maximum absolute atomic E-state index is 4.43. The summed E-state index contributed by atoms with van der Waals surface area (Å²) in [5.41, 5.74) is 6.66. The van der Waals surface area contributed by atoms with Gasteiger partial charge in [-0.25, -0.2) is 0 Å². The fourth-order valence-electron chi connectivity index (χ4n) is 3.08. The standard InChI is InChI=1S/C18H22N2/c1-3-11-19-18-10-9-16-15(5-4-6-17(16)18)14-8-7-13(2)20-12-14/h4-8,12,18-19H,3,9-11H2,1-2H3. The Hall–Kier alpha value is -1.67. The maximum atomic E-state index is 4.43. The van der Waals surface area contributed by atoms with Gasteiger partial charge in [0, 0.05) is 23.5 Å². The number of rotatable bonds is 4. The van der Waals surface area contributed by atoms with Gasteiger partial charge in [0.1, 0.15) is 0 Å². The molecule has 2 nitrogen and oxygen atoms in total. The third-order valence-electron chi connectivity index (χ3n) is 4.13. The molecule has 1 unspecified atom stereocenters. The Bertz CT molecular complexity index is 587. The van der Waals surface area contributed by atoms with E-state index < -0.39 is 0 Å². The van der Waals surface area contributed by atoms with Crippen LogP contribution in [0, 0.1) is 6.92 Å². The number of benzene rings is 1. The summed E-state index contributed by atoms with van der Waals surface area (Å²) in [6, 6.07) is 11.5. The van der Waals surface area contributed by atoms with Crippen LogP contribution in [0.15, 0.2) is 36.5 Å². The van der Waals surface area contributed by atoms with Crippen molar-refractivity contribution in [1.29, 1.82) is 0 Å². The predicted molar refractivity (Wildman–Crippen MR) is 83.8 cm³/mol. The number of aromatic nitrogens is 1. The Kier molecular flexibility index (Phi) is 3.83. The molecule has 1 atom stereocenters. The minimum absolute atomic E-state index is 0.531. The first-order chi connectivity index (χ1) is 9.79. The number of nitrogens with zero attached hydrogens (tertiary/aromatic N) is 1. The molecule has 0 saturated carbocycles. The van der Waals surface area contributed by atoms with E-state index in [1.54, 1.807) is 0 Å². The van der Waals surface area contributed by atoms with Crippen molar-refractivity contribution in [3.05, 3.63) is 53.3 Å². The van der Waals surface area contributed by atoms with Crippen LogP contribution in [0.2, 0.25) is 0 Å². The molecule has 2 heteroatoms. The number of hydrogen-bond donors (Lipinski definition) is 1. The fourth-order valence-corrected chi connectivity index (χ4v) is 3.08. The summed E-state index contributed by atoms with van der Waals surface area (Å²) in [6.07, 6.45) is 5.57. The molecule has 2 aromatic rings. The summed E-state index contributed by atoms with van der Waals surface area (Å²) in [6.45, 7) is 5.35. The van der Waals surface area contributed by atoms with Gasteiger partial charge in [0.2, 0.25) is 0 Å². The molecule has 0 saturated heterocycles. The normalized spacial score (nSPS) is 17.2. The van der Waals surface area contributed by atoms with Gasteiger partial charge in [-0.05, 0) is 55.5 Å². The Morgan fingerprint density at radius 3 is 2.90 bits per heavy atom. The van der Waals surface area contributed by atoms with E-state index in [4.69, 9.17) is 0 Å². The predicted octanol–water partition coefficient (Wildman–Crippen LogP) is 4.04. The number of hydrogen-bond acceptors (Lipinski definition) is 2. The van der Waals surface area contributed by atoms with Crippen LogP contribution >= 0.6 is 0 Å². The largest absolute Gasteiger partial charge is 0.310 e. The average molecular weight is 266 g/mol. The minimum Gasteiger partial charge on any atom is -0.310 e. The number of aryl methyl sites for hydroxylation is 1. The molecule has 1 aliphatic carbocycles. The molecular weight excluding hydrogens is 244 g/mol. The first kappa shape index (κ1) is 13.3. The molecule has 0 aliphatic heterocycles. The first-order valence-electron chi connectivity index (χ1n) is 7.57. The molecular formula is C18H22N2. The summed E-state index contributed by atoms with van der Waals surface area (Å²) in [7, 11) is 0. The van der Waals surface area contributed by atoms with Gasteiger partial charge in [0.25, 0.3) is 0 Å². The molecule has 1 N–H and O–H groups in total. The third kappa shape index (κ3) is 2.48. The lowest BCUT2D eigenvalue weighted by Gasteiger charge is -2.14. The van der Waals surface area contributed by atoms with Crippen molar-refractivity contribution in [2.24, 2.45) is 0 Å². The second-order valence-corrected chi connectivity index (χ2v) is 5.61. The van der Waals surface area contributed by atoms with Crippen LogP contribution < -0.4 is 5.32 Å². The number of nitrogens with one attached hydrogen (secondary N) is 1. The van der Waals surface area contributed by atoms with E-state index in [9.17, 15) is 0 Å². The van der Waals surface area contributed by atoms with Crippen molar-refractivity contribution in [2.45, 2.75) is 39.2 Å². The van der Waals surface area contributed by atoms with Crippen molar-refractivity contribution in [3.8, 4) is 11.1 Å². The molecule has 1 heterocycles. The van der Waals surface area contributed by atoms with E-state index in [2.05, 4.69) is 47.6 Å². The van der Waals surface area contributed by atoms with Crippen molar-refractivity contribution in [2.75, 3.05) is 6.54 Å². The van der Waals surface area contributed by atoms with Gasteiger partial charge < -0.3 is 5.32 Å². The maximum Gasteiger partial charge on any atom is 0.0373 e.